The number of fused-ring (bicyclic) bond motifs is 2. The number of piperidine rings is 1. The van der Waals surface area contributed by atoms with E-state index in [4.69, 9.17) is 14.6 Å². The van der Waals surface area contributed by atoms with Gasteiger partial charge in [-0.3, -0.25) is 0 Å². The van der Waals surface area contributed by atoms with E-state index in [2.05, 4.69) is 35.6 Å². The Labute approximate surface area is 149 Å². The number of ether oxygens (including phenoxy) is 2. The molecule has 0 amide bonds. The average Bonchev–Trinajstić information content (AvgIpc) is 3.07. The van der Waals surface area contributed by atoms with E-state index in [1.165, 1.54) is 11.3 Å². The zero-order chi connectivity index (χ0) is 17.4. The predicted molar refractivity (Wildman–Crippen MR) is 96.8 cm³/mol. The molecule has 1 spiro atoms. The summed E-state index contributed by atoms with van der Waals surface area (Å²) < 4.78 is 14.2. The van der Waals surface area contributed by atoms with Crippen LogP contribution in [0.5, 0.6) is 0 Å². The van der Waals surface area contributed by atoms with Crippen LogP contribution in [0, 0.1) is 0 Å². The molecule has 1 fully saturated rings. The molecular weight excluding hydrogens is 314 g/mol. The molecule has 4 rings (SSSR count). The molecule has 5 nitrogen and oxygen atoms in total. The van der Waals surface area contributed by atoms with Crippen LogP contribution in [-0.4, -0.2) is 47.2 Å². The van der Waals surface area contributed by atoms with Crippen molar-refractivity contribution in [2.75, 3.05) is 20.2 Å². The van der Waals surface area contributed by atoms with Crippen molar-refractivity contribution in [1.29, 1.82) is 0 Å². The lowest BCUT2D eigenvalue weighted by Crippen LogP contribution is -2.50. The number of likely N-dealkylation sites (tertiary alicyclic amines) is 1. The van der Waals surface area contributed by atoms with Crippen LogP contribution >= 0.6 is 0 Å². The highest BCUT2D eigenvalue weighted by Gasteiger charge is 2.46. The molecule has 0 unspecified atom stereocenters. The normalized spacial score (nSPS) is 23.1. The second-order valence-electron chi connectivity index (χ2n) is 7.36. The maximum absolute atomic E-state index is 6.47. The highest BCUT2D eigenvalue weighted by atomic mass is 16.7. The molecule has 134 valence electrons. The van der Waals surface area contributed by atoms with Crippen LogP contribution in [0.4, 0.5) is 0 Å². The minimum absolute atomic E-state index is 0.211. The summed E-state index contributed by atoms with van der Waals surface area (Å²) in [6.07, 6.45) is 4.50. The molecule has 1 atom stereocenters. The molecule has 0 radical (unpaired) electrons. The van der Waals surface area contributed by atoms with Crippen LogP contribution in [0.2, 0.25) is 0 Å². The van der Waals surface area contributed by atoms with Crippen LogP contribution < -0.4 is 0 Å². The Morgan fingerprint density at radius 3 is 2.56 bits per heavy atom. The molecule has 25 heavy (non-hydrogen) atoms. The first-order chi connectivity index (χ1) is 12.1. The van der Waals surface area contributed by atoms with Gasteiger partial charge in [-0.15, -0.1) is 0 Å². The van der Waals surface area contributed by atoms with Crippen LogP contribution in [0.15, 0.2) is 36.5 Å². The number of aromatic nitrogens is 2. The predicted octanol–water partition coefficient (Wildman–Crippen LogP) is 3.12. The van der Waals surface area contributed by atoms with E-state index >= 15 is 0 Å². The Morgan fingerprint density at radius 1 is 1.20 bits per heavy atom. The molecule has 2 aromatic rings. The third-order valence-corrected chi connectivity index (χ3v) is 5.68. The maximum atomic E-state index is 6.47. The maximum Gasteiger partial charge on any atom is 0.163 e. The zero-order valence-electron chi connectivity index (χ0n) is 15.3. The van der Waals surface area contributed by atoms with Crippen LogP contribution in [0.3, 0.4) is 0 Å². The summed E-state index contributed by atoms with van der Waals surface area (Å²) in [5.41, 5.74) is 3.29. The minimum atomic E-state index is -0.271. The van der Waals surface area contributed by atoms with Gasteiger partial charge in [0.15, 0.2) is 6.29 Å². The van der Waals surface area contributed by atoms with Gasteiger partial charge >= 0.3 is 0 Å². The lowest BCUT2D eigenvalue weighted by atomic mass is 9.81. The van der Waals surface area contributed by atoms with Crippen molar-refractivity contribution in [2.24, 2.45) is 0 Å². The first kappa shape index (κ1) is 16.8. The number of benzene rings is 1. The molecule has 0 aliphatic carbocycles. The van der Waals surface area contributed by atoms with E-state index in [-0.39, 0.29) is 11.9 Å². The molecule has 1 aromatic heterocycles. The largest absolute Gasteiger partial charge is 0.355 e. The minimum Gasteiger partial charge on any atom is -0.355 e. The van der Waals surface area contributed by atoms with Crippen LogP contribution in [0.25, 0.3) is 5.69 Å². The van der Waals surface area contributed by atoms with E-state index in [9.17, 15) is 0 Å². The summed E-state index contributed by atoms with van der Waals surface area (Å²) in [5, 5.41) is 4.71. The molecule has 3 heterocycles. The Hall–Kier alpha value is -1.69. The van der Waals surface area contributed by atoms with Crippen LogP contribution in [0.1, 0.15) is 37.9 Å². The molecule has 0 saturated carbocycles. The first-order valence-electron chi connectivity index (χ1n) is 9.20. The molecule has 2 aliphatic rings. The third-order valence-electron chi connectivity index (χ3n) is 5.68. The lowest BCUT2D eigenvalue weighted by molar-refractivity contribution is -0.228. The summed E-state index contributed by atoms with van der Waals surface area (Å²) in [4.78, 5) is 2.52. The molecule has 1 aromatic carbocycles. The van der Waals surface area contributed by atoms with Crippen molar-refractivity contribution >= 4 is 0 Å². The van der Waals surface area contributed by atoms with Gasteiger partial charge in [-0.1, -0.05) is 18.2 Å². The number of hydrogen-bond acceptors (Lipinski definition) is 4. The Balaban J connectivity index is 1.71. The van der Waals surface area contributed by atoms with Crippen molar-refractivity contribution in [1.82, 2.24) is 14.7 Å². The van der Waals surface area contributed by atoms with E-state index in [1.807, 2.05) is 24.4 Å². The van der Waals surface area contributed by atoms with Crippen molar-refractivity contribution in [3.8, 4) is 5.69 Å². The van der Waals surface area contributed by atoms with Gasteiger partial charge in [-0.25, -0.2) is 4.68 Å². The molecule has 0 bridgehead atoms. The second kappa shape index (κ2) is 6.56. The SMILES string of the molecule is CO[C@H]1Cc2c(cnn2-c2ccccc2)C2(CCN(C(C)C)CC2)O1. The topological polar surface area (TPSA) is 39.5 Å². The average molecular weight is 341 g/mol. The van der Waals surface area contributed by atoms with Crippen molar-refractivity contribution in [3.63, 3.8) is 0 Å². The van der Waals surface area contributed by atoms with Gasteiger partial charge in [0.1, 0.15) is 5.60 Å². The first-order valence-corrected chi connectivity index (χ1v) is 9.20. The van der Waals surface area contributed by atoms with E-state index in [1.54, 1.807) is 7.11 Å². The molecule has 5 heteroatoms. The summed E-state index contributed by atoms with van der Waals surface area (Å²) in [7, 11) is 1.73. The van der Waals surface area contributed by atoms with Gasteiger partial charge in [0.05, 0.1) is 17.6 Å². The van der Waals surface area contributed by atoms with Gasteiger partial charge in [-0.05, 0) is 38.8 Å². The smallest absolute Gasteiger partial charge is 0.163 e. The number of rotatable bonds is 3. The van der Waals surface area contributed by atoms with Crippen molar-refractivity contribution in [2.45, 2.75) is 51.0 Å². The molecule has 1 saturated heterocycles. The van der Waals surface area contributed by atoms with Gasteiger partial charge in [0.2, 0.25) is 0 Å². The Bertz CT molecular complexity index is 718. The molecule has 2 aliphatic heterocycles. The number of para-hydroxylation sites is 1. The summed E-state index contributed by atoms with van der Waals surface area (Å²) in [5.74, 6) is 0. The van der Waals surface area contributed by atoms with E-state index < -0.39 is 0 Å². The number of methoxy groups -OCH3 is 1. The van der Waals surface area contributed by atoms with Crippen molar-refractivity contribution in [3.05, 3.63) is 47.8 Å². The van der Waals surface area contributed by atoms with Crippen LogP contribution in [-0.2, 0) is 21.5 Å². The summed E-state index contributed by atoms with van der Waals surface area (Å²) in [6, 6.07) is 10.9. The fraction of sp³-hybridized carbons (Fsp3) is 0.550. The highest BCUT2D eigenvalue weighted by Crippen LogP contribution is 2.44. The summed E-state index contributed by atoms with van der Waals surface area (Å²) in [6.45, 7) is 6.61. The van der Waals surface area contributed by atoms with Crippen molar-refractivity contribution < 1.29 is 9.47 Å². The van der Waals surface area contributed by atoms with E-state index in [0.29, 0.717) is 6.04 Å². The van der Waals surface area contributed by atoms with Gasteiger partial charge in [0.25, 0.3) is 0 Å². The quantitative estimate of drug-likeness (QED) is 0.860. The zero-order valence-corrected chi connectivity index (χ0v) is 15.3. The Kier molecular flexibility index (Phi) is 4.40. The molecule has 0 N–H and O–H groups in total. The third kappa shape index (κ3) is 2.90. The highest BCUT2D eigenvalue weighted by molar-refractivity contribution is 5.38. The fourth-order valence-corrected chi connectivity index (χ4v) is 4.18. The fourth-order valence-electron chi connectivity index (χ4n) is 4.18. The monoisotopic (exact) mass is 341 g/mol. The second-order valence-corrected chi connectivity index (χ2v) is 7.36. The van der Waals surface area contributed by atoms with Gasteiger partial charge in [0, 0.05) is 38.2 Å². The number of hydrogen-bond donors (Lipinski definition) is 0. The standard InChI is InChI=1S/C20H27N3O2/c1-15(2)22-11-9-20(10-12-22)17-14-21-23(16-7-5-4-6-8-16)18(17)13-19(24-3)25-20/h4-8,14-15,19H,9-13H2,1-3H3/t19-/m1/s1. The number of nitrogens with zero attached hydrogens (tertiary/aromatic N) is 3. The Morgan fingerprint density at radius 2 is 1.92 bits per heavy atom. The van der Waals surface area contributed by atoms with E-state index in [0.717, 1.165) is 38.0 Å². The molecular formula is C20H27N3O2. The van der Waals surface area contributed by atoms with Gasteiger partial charge < -0.3 is 14.4 Å². The lowest BCUT2D eigenvalue weighted by Gasteiger charge is -2.46. The summed E-state index contributed by atoms with van der Waals surface area (Å²) >= 11 is 0. The van der Waals surface area contributed by atoms with Gasteiger partial charge in [-0.2, -0.15) is 5.10 Å².